The lowest BCUT2D eigenvalue weighted by molar-refractivity contribution is -0.152. The van der Waals surface area contributed by atoms with E-state index in [4.69, 9.17) is 33.8 Å². The number of carbonyl (C=O) groups is 2. The third kappa shape index (κ3) is 7.46. The first-order valence-corrected chi connectivity index (χ1v) is 9.68. The number of amidine groups is 1. The summed E-state index contributed by atoms with van der Waals surface area (Å²) in [6, 6.07) is 12.5. The lowest BCUT2D eigenvalue weighted by Gasteiger charge is -2.19. The van der Waals surface area contributed by atoms with Crippen molar-refractivity contribution < 1.29 is 19.2 Å². The van der Waals surface area contributed by atoms with E-state index < -0.39 is 24.1 Å². The van der Waals surface area contributed by atoms with Crippen molar-refractivity contribution in [2.45, 2.75) is 25.5 Å². The Bertz CT molecular complexity index is 889. The molecule has 0 radical (unpaired) electrons. The number of rotatable bonds is 8. The van der Waals surface area contributed by atoms with Crippen molar-refractivity contribution in [2.75, 3.05) is 12.4 Å². The smallest absolute Gasteiger partial charge is 0.349 e. The highest BCUT2D eigenvalue weighted by molar-refractivity contribution is 6.30. The van der Waals surface area contributed by atoms with Gasteiger partial charge in [-0.15, -0.1) is 0 Å². The fourth-order valence-electron chi connectivity index (χ4n) is 2.36. The standard InChI is InChI=1S/C20H22Cl2N4O4/c1-12(19(27)29-2)30-26-18(23)17(11-13-3-5-14(21)6-4-13)25-20(28)24-16-9-7-15(22)8-10-16/h3-10,12,17H,11H2,1-2H3,(H2,23,26)(H2,24,25,28)/t12-,17-/m0/s1. The highest BCUT2D eigenvalue weighted by Gasteiger charge is 2.20. The molecule has 160 valence electrons. The number of hydrogen-bond acceptors (Lipinski definition) is 5. The molecular formula is C20H22Cl2N4O4. The molecule has 0 fully saturated rings. The number of halogens is 2. The number of nitrogens with two attached hydrogens (primary N) is 1. The van der Waals surface area contributed by atoms with E-state index in [0.717, 1.165) is 5.56 Å². The number of carbonyl (C=O) groups excluding carboxylic acids is 2. The topological polar surface area (TPSA) is 115 Å². The molecule has 2 aromatic rings. The number of benzene rings is 2. The van der Waals surface area contributed by atoms with Crippen LogP contribution >= 0.6 is 23.2 Å². The number of esters is 1. The Balaban J connectivity index is 2.12. The normalized spacial score (nSPS) is 13.1. The molecule has 2 amide bonds. The Hall–Kier alpha value is -2.97. The van der Waals surface area contributed by atoms with E-state index >= 15 is 0 Å². The second kappa shape index (κ2) is 11.3. The van der Waals surface area contributed by atoms with Crippen molar-refractivity contribution in [3.05, 3.63) is 64.1 Å². The first kappa shape index (κ1) is 23.3. The van der Waals surface area contributed by atoms with Gasteiger partial charge >= 0.3 is 12.0 Å². The first-order valence-electron chi connectivity index (χ1n) is 8.93. The van der Waals surface area contributed by atoms with Crippen LogP contribution in [0, 0.1) is 0 Å². The maximum Gasteiger partial charge on any atom is 0.349 e. The van der Waals surface area contributed by atoms with Gasteiger partial charge in [0.15, 0.2) is 5.84 Å². The predicted molar refractivity (Wildman–Crippen MR) is 117 cm³/mol. The molecule has 0 heterocycles. The molecule has 0 aromatic heterocycles. The molecule has 0 saturated heterocycles. The number of oxime groups is 1. The minimum Gasteiger partial charge on any atom is -0.466 e. The zero-order valence-electron chi connectivity index (χ0n) is 16.4. The number of anilines is 1. The van der Waals surface area contributed by atoms with Crippen molar-refractivity contribution in [1.82, 2.24) is 5.32 Å². The third-order valence-electron chi connectivity index (χ3n) is 3.97. The number of urea groups is 1. The molecule has 0 unspecified atom stereocenters. The van der Waals surface area contributed by atoms with E-state index in [1.54, 1.807) is 48.5 Å². The van der Waals surface area contributed by atoms with Crippen molar-refractivity contribution in [2.24, 2.45) is 10.9 Å². The molecular weight excluding hydrogens is 431 g/mol. The van der Waals surface area contributed by atoms with Crippen molar-refractivity contribution in [3.8, 4) is 0 Å². The van der Waals surface area contributed by atoms with Crippen LogP contribution in [0.2, 0.25) is 10.0 Å². The largest absolute Gasteiger partial charge is 0.466 e. The second-order valence-corrected chi connectivity index (χ2v) is 7.15. The summed E-state index contributed by atoms with van der Waals surface area (Å²) in [6.07, 6.45) is -0.635. The zero-order chi connectivity index (χ0) is 22.1. The summed E-state index contributed by atoms with van der Waals surface area (Å²) in [5, 5.41) is 10.3. The lowest BCUT2D eigenvalue weighted by atomic mass is 10.1. The molecule has 0 saturated carbocycles. The van der Waals surface area contributed by atoms with E-state index in [2.05, 4.69) is 20.5 Å². The molecule has 0 aliphatic heterocycles. The van der Waals surface area contributed by atoms with Crippen LogP contribution in [0.15, 0.2) is 53.7 Å². The Morgan fingerprint density at radius 1 is 1.07 bits per heavy atom. The average Bonchev–Trinajstić information content (AvgIpc) is 2.73. The quantitative estimate of drug-likeness (QED) is 0.245. The maximum atomic E-state index is 12.4. The first-order chi connectivity index (χ1) is 14.3. The maximum absolute atomic E-state index is 12.4. The van der Waals surface area contributed by atoms with Gasteiger partial charge in [-0.05, 0) is 48.9 Å². The summed E-state index contributed by atoms with van der Waals surface area (Å²) in [7, 11) is 1.24. The number of hydrogen-bond donors (Lipinski definition) is 3. The molecule has 30 heavy (non-hydrogen) atoms. The number of amides is 2. The summed E-state index contributed by atoms with van der Waals surface area (Å²) < 4.78 is 4.58. The van der Waals surface area contributed by atoms with Crippen LogP contribution in [-0.4, -0.2) is 37.1 Å². The molecule has 0 bridgehead atoms. The Labute approximate surface area is 184 Å². The third-order valence-corrected chi connectivity index (χ3v) is 4.47. The van der Waals surface area contributed by atoms with E-state index in [1.165, 1.54) is 14.0 Å². The van der Waals surface area contributed by atoms with Gasteiger partial charge < -0.3 is 25.9 Å². The molecule has 2 rings (SSSR count). The van der Waals surface area contributed by atoms with E-state index in [1.807, 2.05) is 0 Å². The van der Waals surface area contributed by atoms with Gasteiger partial charge in [0.25, 0.3) is 0 Å². The molecule has 2 aromatic carbocycles. The van der Waals surface area contributed by atoms with E-state index in [-0.39, 0.29) is 5.84 Å². The van der Waals surface area contributed by atoms with Crippen LogP contribution in [0.1, 0.15) is 12.5 Å². The zero-order valence-corrected chi connectivity index (χ0v) is 17.9. The molecule has 10 heteroatoms. The fraction of sp³-hybridized carbons (Fsp3) is 0.250. The highest BCUT2D eigenvalue weighted by Crippen LogP contribution is 2.14. The molecule has 2 atom stereocenters. The van der Waals surface area contributed by atoms with Crippen molar-refractivity contribution >= 4 is 46.7 Å². The number of nitrogens with zero attached hydrogens (tertiary/aromatic N) is 1. The van der Waals surface area contributed by atoms with Gasteiger partial charge in [0.05, 0.1) is 13.2 Å². The SMILES string of the molecule is COC(=O)[C@H](C)O/N=C(\N)[C@H](Cc1ccc(Cl)cc1)NC(=O)Nc1ccc(Cl)cc1. The highest BCUT2D eigenvalue weighted by atomic mass is 35.5. The minimum absolute atomic E-state index is 0.0213. The second-order valence-electron chi connectivity index (χ2n) is 6.28. The minimum atomic E-state index is -0.951. The predicted octanol–water partition coefficient (Wildman–Crippen LogP) is 3.58. The Kier molecular flexibility index (Phi) is 8.76. The van der Waals surface area contributed by atoms with Crippen LogP contribution in [0.25, 0.3) is 0 Å². The monoisotopic (exact) mass is 452 g/mol. The summed E-state index contributed by atoms with van der Waals surface area (Å²) >= 11 is 11.8. The summed E-state index contributed by atoms with van der Waals surface area (Å²) in [5.41, 5.74) is 7.44. The lowest BCUT2D eigenvalue weighted by Crippen LogP contribution is -2.47. The van der Waals surface area contributed by atoms with Gasteiger partial charge in [0.1, 0.15) is 0 Å². The Morgan fingerprint density at radius 2 is 1.63 bits per heavy atom. The molecule has 0 spiro atoms. The fourth-order valence-corrected chi connectivity index (χ4v) is 2.61. The van der Waals surface area contributed by atoms with E-state index in [0.29, 0.717) is 22.2 Å². The number of ether oxygens (including phenoxy) is 1. The van der Waals surface area contributed by atoms with E-state index in [9.17, 15) is 9.59 Å². The van der Waals surface area contributed by atoms with Gasteiger partial charge in [0, 0.05) is 22.2 Å². The van der Waals surface area contributed by atoms with Gasteiger partial charge in [-0.1, -0.05) is 40.5 Å². The summed E-state index contributed by atoms with van der Waals surface area (Å²) in [5.74, 6) is -0.624. The van der Waals surface area contributed by atoms with Crippen LogP contribution < -0.4 is 16.4 Å². The van der Waals surface area contributed by atoms with Gasteiger partial charge in [0.2, 0.25) is 6.10 Å². The molecule has 4 N–H and O–H groups in total. The van der Waals surface area contributed by atoms with Crippen LogP contribution in [-0.2, 0) is 20.8 Å². The number of nitrogens with one attached hydrogen (secondary N) is 2. The van der Waals surface area contributed by atoms with Crippen LogP contribution in [0.5, 0.6) is 0 Å². The van der Waals surface area contributed by atoms with Gasteiger partial charge in [-0.3, -0.25) is 0 Å². The summed E-state index contributed by atoms with van der Waals surface area (Å²) in [6.45, 7) is 1.47. The molecule has 8 nitrogen and oxygen atoms in total. The molecule has 0 aliphatic carbocycles. The average molecular weight is 453 g/mol. The van der Waals surface area contributed by atoms with Crippen molar-refractivity contribution in [1.29, 1.82) is 0 Å². The van der Waals surface area contributed by atoms with Crippen LogP contribution in [0.3, 0.4) is 0 Å². The Morgan fingerprint density at radius 3 is 2.20 bits per heavy atom. The molecule has 0 aliphatic rings. The summed E-state index contributed by atoms with van der Waals surface area (Å²) in [4.78, 5) is 29.0. The van der Waals surface area contributed by atoms with Gasteiger partial charge in [-0.2, -0.15) is 0 Å². The number of methoxy groups -OCH3 is 1. The van der Waals surface area contributed by atoms with Crippen LogP contribution in [0.4, 0.5) is 10.5 Å². The van der Waals surface area contributed by atoms with Crippen molar-refractivity contribution in [3.63, 3.8) is 0 Å². The van der Waals surface area contributed by atoms with Gasteiger partial charge in [-0.25, -0.2) is 9.59 Å².